The number of rotatable bonds is 7. The van der Waals surface area contributed by atoms with Gasteiger partial charge in [0.15, 0.2) is 0 Å². The third-order valence-electron chi connectivity index (χ3n) is 2.53. The highest BCUT2D eigenvalue weighted by Gasteiger charge is 2.12. The summed E-state index contributed by atoms with van der Waals surface area (Å²) in [4.78, 5) is 13.5. The van der Waals surface area contributed by atoms with Crippen molar-refractivity contribution >= 4 is 11.6 Å². The van der Waals surface area contributed by atoms with E-state index in [0.717, 1.165) is 12.5 Å². The molecule has 0 fully saturated rings. The van der Waals surface area contributed by atoms with E-state index < -0.39 is 17.5 Å². The van der Waals surface area contributed by atoms with Crippen molar-refractivity contribution in [3.8, 4) is 0 Å². The number of amides is 1. The van der Waals surface area contributed by atoms with Crippen molar-refractivity contribution in [2.24, 2.45) is 0 Å². The molecule has 1 rings (SSSR count). The van der Waals surface area contributed by atoms with E-state index in [-0.39, 0.29) is 18.8 Å². The Kier molecular flexibility index (Phi) is 6.38. The highest BCUT2D eigenvalue weighted by Crippen LogP contribution is 2.14. The lowest BCUT2D eigenvalue weighted by Crippen LogP contribution is -2.35. The van der Waals surface area contributed by atoms with Gasteiger partial charge in [-0.2, -0.15) is 0 Å². The summed E-state index contributed by atoms with van der Waals surface area (Å²) < 4.78 is 26.0. The van der Waals surface area contributed by atoms with Crippen molar-refractivity contribution in [2.45, 2.75) is 13.3 Å². The Labute approximate surface area is 111 Å². The van der Waals surface area contributed by atoms with Crippen LogP contribution in [0.3, 0.4) is 0 Å². The maximum atomic E-state index is 13.3. The number of carbonyl (C=O) groups is 1. The number of nitrogens with zero attached hydrogens (tertiary/aromatic N) is 1. The highest BCUT2D eigenvalue weighted by atomic mass is 19.1. The molecule has 106 valence electrons. The fourth-order valence-electron chi connectivity index (χ4n) is 1.71. The van der Waals surface area contributed by atoms with Crippen LogP contribution in [0.1, 0.15) is 13.3 Å². The number of halogens is 2. The van der Waals surface area contributed by atoms with Gasteiger partial charge in [0.2, 0.25) is 5.91 Å². The molecule has 0 aliphatic heterocycles. The number of benzene rings is 1. The van der Waals surface area contributed by atoms with Gasteiger partial charge in [0.25, 0.3) is 0 Å². The smallest absolute Gasteiger partial charge is 0.238 e. The van der Waals surface area contributed by atoms with E-state index in [9.17, 15) is 13.6 Å². The van der Waals surface area contributed by atoms with Crippen LogP contribution in [0.2, 0.25) is 0 Å². The van der Waals surface area contributed by atoms with Crippen LogP contribution in [-0.4, -0.2) is 42.2 Å². The predicted molar refractivity (Wildman–Crippen MR) is 68.8 cm³/mol. The van der Waals surface area contributed by atoms with Crippen molar-refractivity contribution in [3.63, 3.8) is 0 Å². The first kappa shape index (κ1) is 15.5. The van der Waals surface area contributed by atoms with Crippen LogP contribution in [0, 0.1) is 11.6 Å². The molecule has 19 heavy (non-hydrogen) atoms. The zero-order valence-corrected chi connectivity index (χ0v) is 10.8. The number of carbonyl (C=O) groups excluding carboxylic acids is 1. The Morgan fingerprint density at radius 2 is 2.11 bits per heavy atom. The lowest BCUT2D eigenvalue weighted by atomic mass is 10.3. The second-order valence-electron chi connectivity index (χ2n) is 4.17. The second-order valence-corrected chi connectivity index (χ2v) is 4.17. The van der Waals surface area contributed by atoms with E-state index in [0.29, 0.717) is 19.2 Å². The van der Waals surface area contributed by atoms with E-state index in [2.05, 4.69) is 5.32 Å². The number of nitrogens with one attached hydrogen (secondary N) is 1. The molecular weight excluding hydrogens is 254 g/mol. The molecule has 2 N–H and O–H groups in total. The molecule has 0 bridgehead atoms. The first-order valence-electron chi connectivity index (χ1n) is 6.15. The minimum absolute atomic E-state index is 0.0435. The normalized spacial score (nSPS) is 10.8. The maximum Gasteiger partial charge on any atom is 0.238 e. The van der Waals surface area contributed by atoms with Crippen molar-refractivity contribution < 1.29 is 18.7 Å². The second kappa shape index (κ2) is 7.81. The van der Waals surface area contributed by atoms with Crippen LogP contribution in [0.4, 0.5) is 14.5 Å². The monoisotopic (exact) mass is 272 g/mol. The van der Waals surface area contributed by atoms with Gasteiger partial charge in [-0.25, -0.2) is 8.78 Å². The van der Waals surface area contributed by atoms with Gasteiger partial charge in [-0.05, 0) is 25.1 Å². The average Bonchev–Trinajstić information content (AvgIpc) is 2.33. The van der Waals surface area contributed by atoms with Gasteiger partial charge >= 0.3 is 0 Å². The number of aliphatic hydroxyl groups excluding tert-OH is 1. The predicted octanol–water partition coefficient (Wildman–Crippen LogP) is 1.61. The van der Waals surface area contributed by atoms with E-state index in [1.807, 2.05) is 6.92 Å². The minimum atomic E-state index is -0.808. The molecule has 0 aliphatic carbocycles. The molecular formula is C13H18F2N2O2. The Bertz CT molecular complexity index is 421. The molecule has 1 amide bonds. The molecule has 0 unspecified atom stereocenters. The Morgan fingerprint density at radius 1 is 1.37 bits per heavy atom. The van der Waals surface area contributed by atoms with Crippen LogP contribution in [0.15, 0.2) is 18.2 Å². The molecule has 4 nitrogen and oxygen atoms in total. The standard InChI is InChI=1S/C13H18F2N2O2/c1-2-5-17(6-7-18)9-13(19)16-12-4-3-10(14)8-11(12)15/h3-4,8,18H,2,5-7,9H2,1H3,(H,16,19). The summed E-state index contributed by atoms with van der Waals surface area (Å²) in [6, 6.07) is 2.97. The Balaban J connectivity index is 2.58. The summed E-state index contributed by atoms with van der Waals surface area (Å²) in [5, 5.41) is 11.2. The molecule has 0 saturated carbocycles. The van der Waals surface area contributed by atoms with E-state index in [1.165, 1.54) is 6.07 Å². The number of anilines is 1. The summed E-state index contributed by atoms with van der Waals surface area (Å²) in [7, 11) is 0. The number of hydrogen-bond acceptors (Lipinski definition) is 3. The van der Waals surface area contributed by atoms with E-state index in [1.54, 1.807) is 4.90 Å². The molecule has 1 aromatic rings. The molecule has 1 aromatic carbocycles. The topological polar surface area (TPSA) is 52.6 Å². The van der Waals surface area contributed by atoms with Crippen molar-refractivity contribution in [1.82, 2.24) is 4.90 Å². The Hall–Kier alpha value is -1.53. The molecule has 0 radical (unpaired) electrons. The van der Waals surface area contributed by atoms with Crippen LogP contribution < -0.4 is 5.32 Å². The lowest BCUT2D eigenvalue weighted by molar-refractivity contribution is -0.117. The maximum absolute atomic E-state index is 13.3. The summed E-state index contributed by atoms with van der Waals surface area (Å²) in [6.07, 6.45) is 0.845. The van der Waals surface area contributed by atoms with E-state index >= 15 is 0 Å². The van der Waals surface area contributed by atoms with Gasteiger partial charge in [0.05, 0.1) is 18.8 Å². The zero-order chi connectivity index (χ0) is 14.3. The number of aliphatic hydroxyl groups is 1. The third kappa shape index (κ3) is 5.32. The zero-order valence-electron chi connectivity index (χ0n) is 10.8. The van der Waals surface area contributed by atoms with Crippen LogP contribution >= 0.6 is 0 Å². The molecule has 0 spiro atoms. The van der Waals surface area contributed by atoms with Gasteiger partial charge in [0.1, 0.15) is 11.6 Å². The van der Waals surface area contributed by atoms with Gasteiger partial charge in [0, 0.05) is 12.6 Å². The summed E-state index contributed by atoms with van der Waals surface area (Å²) >= 11 is 0. The Morgan fingerprint density at radius 3 is 2.68 bits per heavy atom. The molecule has 0 atom stereocenters. The molecule has 0 aliphatic rings. The summed E-state index contributed by atoms with van der Waals surface area (Å²) in [5.74, 6) is -1.90. The molecule has 0 aromatic heterocycles. The van der Waals surface area contributed by atoms with Crippen LogP contribution in [0.5, 0.6) is 0 Å². The van der Waals surface area contributed by atoms with E-state index in [4.69, 9.17) is 5.11 Å². The van der Waals surface area contributed by atoms with Crippen LogP contribution in [-0.2, 0) is 4.79 Å². The van der Waals surface area contributed by atoms with Crippen molar-refractivity contribution in [3.05, 3.63) is 29.8 Å². The largest absolute Gasteiger partial charge is 0.395 e. The first-order valence-corrected chi connectivity index (χ1v) is 6.15. The third-order valence-corrected chi connectivity index (χ3v) is 2.53. The quantitative estimate of drug-likeness (QED) is 0.793. The van der Waals surface area contributed by atoms with Gasteiger partial charge < -0.3 is 10.4 Å². The lowest BCUT2D eigenvalue weighted by Gasteiger charge is -2.19. The van der Waals surface area contributed by atoms with Crippen molar-refractivity contribution in [2.75, 3.05) is 31.6 Å². The van der Waals surface area contributed by atoms with Crippen LogP contribution in [0.25, 0.3) is 0 Å². The van der Waals surface area contributed by atoms with Gasteiger partial charge in [-0.15, -0.1) is 0 Å². The first-order chi connectivity index (χ1) is 9.06. The SMILES string of the molecule is CCCN(CCO)CC(=O)Nc1ccc(F)cc1F. The fraction of sp³-hybridized carbons (Fsp3) is 0.462. The fourth-order valence-corrected chi connectivity index (χ4v) is 1.71. The average molecular weight is 272 g/mol. The van der Waals surface area contributed by atoms with Gasteiger partial charge in [-0.1, -0.05) is 6.92 Å². The highest BCUT2D eigenvalue weighted by molar-refractivity contribution is 5.92. The van der Waals surface area contributed by atoms with Gasteiger partial charge in [-0.3, -0.25) is 9.69 Å². The van der Waals surface area contributed by atoms with Crippen molar-refractivity contribution in [1.29, 1.82) is 0 Å². The summed E-state index contributed by atoms with van der Waals surface area (Å²) in [5.41, 5.74) is -0.0492. The molecule has 0 heterocycles. The number of hydrogen-bond donors (Lipinski definition) is 2. The summed E-state index contributed by atoms with van der Waals surface area (Å²) in [6.45, 7) is 3.03. The molecule has 6 heteroatoms. The minimum Gasteiger partial charge on any atom is -0.395 e. The molecule has 0 saturated heterocycles.